The van der Waals surface area contributed by atoms with Gasteiger partial charge in [-0.3, -0.25) is 9.89 Å². The Balaban J connectivity index is 1.67. The molecular formula is C17H13FN4O3. The zero-order chi connectivity index (χ0) is 17.8. The van der Waals surface area contributed by atoms with Crippen molar-refractivity contribution in [1.29, 1.82) is 0 Å². The molecule has 25 heavy (non-hydrogen) atoms. The normalized spacial score (nSPS) is 10.9. The SMILES string of the molecule is O=C(NN=Cc1ccc(O)cc1O)c1cc(-c2ccc(F)cc2)n[nH]1. The van der Waals surface area contributed by atoms with Gasteiger partial charge in [-0.1, -0.05) is 0 Å². The van der Waals surface area contributed by atoms with Crippen LogP contribution in [0.5, 0.6) is 11.5 Å². The molecule has 1 heterocycles. The Morgan fingerprint density at radius 1 is 1.16 bits per heavy atom. The fourth-order valence-corrected chi connectivity index (χ4v) is 2.07. The molecule has 0 atom stereocenters. The van der Waals surface area contributed by atoms with E-state index in [-0.39, 0.29) is 23.0 Å². The van der Waals surface area contributed by atoms with Crippen LogP contribution in [0.25, 0.3) is 11.3 Å². The number of carbonyl (C=O) groups is 1. The number of benzene rings is 2. The molecule has 1 amide bonds. The lowest BCUT2D eigenvalue weighted by atomic mass is 10.1. The number of hydrazone groups is 1. The summed E-state index contributed by atoms with van der Waals surface area (Å²) in [6, 6.07) is 11.2. The number of hydrogen-bond donors (Lipinski definition) is 4. The lowest BCUT2D eigenvalue weighted by molar-refractivity contribution is 0.0950. The summed E-state index contributed by atoms with van der Waals surface area (Å²) in [6.07, 6.45) is 1.24. The van der Waals surface area contributed by atoms with Gasteiger partial charge in [0.25, 0.3) is 5.91 Å². The molecule has 0 aliphatic carbocycles. The molecule has 0 aliphatic heterocycles. The molecule has 8 heteroatoms. The molecule has 0 spiro atoms. The van der Waals surface area contributed by atoms with Crippen LogP contribution in [-0.2, 0) is 0 Å². The van der Waals surface area contributed by atoms with Gasteiger partial charge in [0.1, 0.15) is 23.0 Å². The van der Waals surface area contributed by atoms with Crippen LogP contribution in [-0.4, -0.2) is 32.5 Å². The highest BCUT2D eigenvalue weighted by molar-refractivity contribution is 5.94. The first kappa shape index (κ1) is 16.2. The molecule has 7 nitrogen and oxygen atoms in total. The third-order valence-electron chi connectivity index (χ3n) is 3.35. The highest BCUT2D eigenvalue weighted by Crippen LogP contribution is 2.21. The molecular weight excluding hydrogens is 327 g/mol. The number of phenols is 2. The summed E-state index contributed by atoms with van der Waals surface area (Å²) < 4.78 is 12.9. The van der Waals surface area contributed by atoms with E-state index in [2.05, 4.69) is 20.7 Å². The minimum absolute atomic E-state index is 0.0792. The quantitative estimate of drug-likeness (QED) is 0.432. The largest absolute Gasteiger partial charge is 0.508 e. The van der Waals surface area contributed by atoms with Crippen LogP contribution in [0.1, 0.15) is 16.1 Å². The smallest absolute Gasteiger partial charge is 0.289 e. The predicted octanol–water partition coefficient (Wildman–Crippen LogP) is 2.39. The van der Waals surface area contributed by atoms with Gasteiger partial charge in [0.05, 0.1) is 11.9 Å². The Morgan fingerprint density at radius 2 is 1.92 bits per heavy atom. The number of phenolic OH excluding ortho intramolecular Hbond substituents is 2. The summed E-state index contributed by atoms with van der Waals surface area (Å²) in [7, 11) is 0. The number of aromatic amines is 1. The molecule has 126 valence electrons. The van der Waals surface area contributed by atoms with Gasteiger partial charge in [-0.15, -0.1) is 0 Å². The van der Waals surface area contributed by atoms with Crippen molar-refractivity contribution in [3.8, 4) is 22.8 Å². The maximum absolute atomic E-state index is 12.9. The number of aromatic nitrogens is 2. The van der Waals surface area contributed by atoms with Gasteiger partial charge in [0, 0.05) is 17.2 Å². The van der Waals surface area contributed by atoms with Gasteiger partial charge in [-0.25, -0.2) is 9.82 Å². The number of amides is 1. The minimum atomic E-state index is -0.532. The minimum Gasteiger partial charge on any atom is -0.508 e. The van der Waals surface area contributed by atoms with E-state index < -0.39 is 5.91 Å². The number of nitrogens with zero attached hydrogens (tertiary/aromatic N) is 2. The number of rotatable bonds is 4. The first-order chi connectivity index (χ1) is 12.0. The van der Waals surface area contributed by atoms with Crippen molar-refractivity contribution >= 4 is 12.1 Å². The van der Waals surface area contributed by atoms with Crippen LogP contribution in [0, 0.1) is 5.82 Å². The van der Waals surface area contributed by atoms with Gasteiger partial charge in [-0.2, -0.15) is 10.2 Å². The first-order valence-corrected chi connectivity index (χ1v) is 7.19. The van der Waals surface area contributed by atoms with E-state index in [0.29, 0.717) is 16.8 Å². The molecule has 2 aromatic carbocycles. The lowest BCUT2D eigenvalue weighted by Crippen LogP contribution is -2.18. The molecule has 1 aromatic heterocycles. The zero-order valence-corrected chi connectivity index (χ0v) is 12.8. The molecule has 0 saturated carbocycles. The van der Waals surface area contributed by atoms with Crippen molar-refractivity contribution in [3.63, 3.8) is 0 Å². The predicted molar refractivity (Wildman–Crippen MR) is 88.8 cm³/mol. The Labute approximate surface area is 141 Å². The van der Waals surface area contributed by atoms with Crippen molar-refractivity contribution in [2.45, 2.75) is 0 Å². The van der Waals surface area contributed by atoms with E-state index >= 15 is 0 Å². The maximum atomic E-state index is 12.9. The van der Waals surface area contributed by atoms with E-state index in [4.69, 9.17) is 0 Å². The molecule has 3 rings (SSSR count). The van der Waals surface area contributed by atoms with E-state index in [1.54, 1.807) is 12.1 Å². The number of hydrogen-bond acceptors (Lipinski definition) is 5. The Bertz CT molecular complexity index is 935. The fourth-order valence-electron chi connectivity index (χ4n) is 2.07. The average molecular weight is 340 g/mol. The summed E-state index contributed by atoms with van der Waals surface area (Å²) in [5.41, 5.74) is 3.94. The molecule has 0 bridgehead atoms. The van der Waals surface area contributed by atoms with Gasteiger partial charge in [-0.05, 0) is 42.5 Å². The van der Waals surface area contributed by atoms with Crippen LogP contribution < -0.4 is 5.43 Å². The average Bonchev–Trinajstić information content (AvgIpc) is 3.07. The molecule has 4 N–H and O–H groups in total. The molecule has 3 aromatic rings. The Kier molecular flexibility index (Phi) is 4.42. The highest BCUT2D eigenvalue weighted by atomic mass is 19.1. The van der Waals surface area contributed by atoms with Gasteiger partial charge in [0.15, 0.2) is 0 Å². The number of aromatic hydroxyl groups is 2. The number of carbonyl (C=O) groups excluding carboxylic acids is 1. The maximum Gasteiger partial charge on any atom is 0.289 e. The van der Waals surface area contributed by atoms with Crippen molar-refractivity contribution in [2.75, 3.05) is 0 Å². The summed E-state index contributed by atoms with van der Waals surface area (Å²) in [5.74, 6) is -1.14. The van der Waals surface area contributed by atoms with Crippen LogP contribution in [0.2, 0.25) is 0 Å². The Morgan fingerprint density at radius 3 is 2.64 bits per heavy atom. The van der Waals surface area contributed by atoms with E-state index in [1.807, 2.05) is 0 Å². The molecule has 0 unspecified atom stereocenters. The second-order valence-corrected chi connectivity index (χ2v) is 5.12. The van der Waals surface area contributed by atoms with E-state index in [1.165, 1.54) is 36.5 Å². The van der Waals surface area contributed by atoms with Crippen molar-refractivity contribution in [3.05, 3.63) is 65.6 Å². The monoisotopic (exact) mass is 340 g/mol. The lowest BCUT2D eigenvalue weighted by Gasteiger charge is -1.99. The van der Waals surface area contributed by atoms with E-state index in [9.17, 15) is 19.4 Å². The zero-order valence-electron chi connectivity index (χ0n) is 12.8. The summed E-state index contributed by atoms with van der Waals surface area (Å²) in [5, 5.41) is 29.1. The first-order valence-electron chi connectivity index (χ1n) is 7.19. The van der Waals surface area contributed by atoms with Crippen LogP contribution in [0.15, 0.2) is 53.6 Å². The van der Waals surface area contributed by atoms with Gasteiger partial charge in [0.2, 0.25) is 0 Å². The molecule has 0 aliphatic rings. The van der Waals surface area contributed by atoms with Crippen LogP contribution >= 0.6 is 0 Å². The number of nitrogens with one attached hydrogen (secondary N) is 2. The van der Waals surface area contributed by atoms with Crippen molar-refractivity contribution < 1.29 is 19.4 Å². The number of halogens is 1. The third-order valence-corrected chi connectivity index (χ3v) is 3.35. The van der Waals surface area contributed by atoms with Crippen LogP contribution in [0.3, 0.4) is 0 Å². The van der Waals surface area contributed by atoms with Crippen molar-refractivity contribution in [2.24, 2.45) is 5.10 Å². The fraction of sp³-hybridized carbons (Fsp3) is 0. The van der Waals surface area contributed by atoms with E-state index in [0.717, 1.165) is 6.07 Å². The highest BCUT2D eigenvalue weighted by Gasteiger charge is 2.10. The summed E-state index contributed by atoms with van der Waals surface area (Å²) in [4.78, 5) is 12.0. The summed E-state index contributed by atoms with van der Waals surface area (Å²) in [6.45, 7) is 0. The second-order valence-electron chi connectivity index (χ2n) is 5.12. The third kappa shape index (κ3) is 3.81. The van der Waals surface area contributed by atoms with Gasteiger partial charge < -0.3 is 10.2 Å². The Hall–Kier alpha value is -3.68. The standard InChI is InChI=1S/C17H13FN4O3/c18-12-4-1-10(2-5-12)14-8-15(21-20-14)17(25)22-19-9-11-3-6-13(23)7-16(11)24/h1-9,23-24H,(H,20,21)(H,22,25). The van der Waals surface area contributed by atoms with Crippen LogP contribution in [0.4, 0.5) is 4.39 Å². The summed E-state index contributed by atoms with van der Waals surface area (Å²) >= 11 is 0. The van der Waals surface area contributed by atoms with Crippen molar-refractivity contribution in [1.82, 2.24) is 15.6 Å². The van der Waals surface area contributed by atoms with Gasteiger partial charge >= 0.3 is 0 Å². The molecule has 0 saturated heterocycles. The molecule has 0 fully saturated rings. The second kappa shape index (κ2) is 6.83. The number of H-pyrrole nitrogens is 1. The molecule has 0 radical (unpaired) electrons. The topological polar surface area (TPSA) is 111 Å².